The van der Waals surface area contributed by atoms with Crippen LogP contribution in [0.25, 0.3) is 10.8 Å². The monoisotopic (exact) mass is 445 g/mol. The molecule has 27 heavy (non-hydrogen) atoms. The Morgan fingerprint density at radius 3 is 2.15 bits per heavy atom. The van der Waals surface area contributed by atoms with E-state index in [-0.39, 0.29) is 16.4 Å². The van der Waals surface area contributed by atoms with E-state index in [1.807, 2.05) is 24.3 Å². The van der Waals surface area contributed by atoms with Gasteiger partial charge >= 0.3 is 0 Å². The summed E-state index contributed by atoms with van der Waals surface area (Å²) in [5.74, 6) is -0.814. The second kappa shape index (κ2) is 7.25. The standard InChI is InChI=1S/C20H16BrNO4S/c1-13(23)19-10-8-17(12-20(19)21)22(14(2)24)27(25,26)18-9-7-15-5-3-4-6-16(15)11-18/h3-12H,1-2H3. The summed E-state index contributed by atoms with van der Waals surface area (Å²) in [6.07, 6.45) is 0. The summed E-state index contributed by atoms with van der Waals surface area (Å²) < 4.78 is 27.5. The molecule has 0 saturated carbocycles. The highest BCUT2D eigenvalue weighted by Gasteiger charge is 2.29. The van der Waals surface area contributed by atoms with Crippen LogP contribution in [0.15, 0.2) is 70.0 Å². The van der Waals surface area contributed by atoms with Crippen LogP contribution in [0.3, 0.4) is 0 Å². The molecule has 0 bridgehead atoms. The Kier molecular flexibility index (Phi) is 5.17. The van der Waals surface area contributed by atoms with Crippen molar-refractivity contribution in [3.8, 4) is 0 Å². The fraction of sp³-hybridized carbons (Fsp3) is 0.100. The van der Waals surface area contributed by atoms with E-state index in [0.29, 0.717) is 10.0 Å². The third-order valence-electron chi connectivity index (χ3n) is 4.11. The number of carbonyl (C=O) groups excluding carboxylic acids is 2. The van der Waals surface area contributed by atoms with Crippen molar-refractivity contribution in [2.75, 3.05) is 4.31 Å². The van der Waals surface area contributed by atoms with Crippen LogP contribution in [-0.2, 0) is 14.8 Å². The van der Waals surface area contributed by atoms with Gasteiger partial charge in [0.05, 0.1) is 10.6 Å². The summed E-state index contributed by atoms with van der Waals surface area (Å²) in [4.78, 5) is 23.8. The Morgan fingerprint density at radius 1 is 0.889 bits per heavy atom. The minimum absolute atomic E-state index is 0.0168. The van der Waals surface area contributed by atoms with Gasteiger partial charge in [0.2, 0.25) is 5.91 Å². The van der Waals surface area contributed by atoms with Gasteiger partial charge in [-0.2, -0.15) is 0 Å². The third-order valence-corrected chi connectivity index (χ3v) is 6.57. The van der Waals surface area contributed by atoms with Gasteiger partial charge in [-0.1, -0.05) is 30.3 Å². The minimum atomic E-state index is -4.12. The molecular formula is C20H16BrNO4S. The Balaban J connectivity index is 2.14. The van der Waals surface area contributed by atoms with Crippen LogP contribution in [0, 0.1) is 0 Å². The number of rotatable bonds is 4. The molecule has 1 amide bonds. The van der Waals surface area contributed by atoms with Crippen molar-refractivity contribution in [3.63, 3.8) is 0 Å². The lowest BCUT2D eigenvalue weighted by Gasteiger charge is -2.22. The molecule has 138 valence electrons. The molecule has 3 rings (SSSR count). The second-order valence-electron chi connectivity index (χ2n) is 6.02. The van der Waals surface area contributed by atoms with Crippen LogP contribution in [-0.4, -0.2) is 20.1 Å². The topological polar surface area (TPSA) is 71.5 Å². The Bertz CT molecular complexity index is 1170. The van der Waals surface area contributed by atoms with E-state index < -0.39 is 15.9 Å². The maximum Gasteiger partial charge on any atom is 0.270 e. The predicted octanol–water partition coefficient (Wildman–Crippen LogP) is 4.55. The lowest BCUT2D eigenvalue weighted by molar-refractivity contribution is -0.115. The van der Waals surface area contributed by atoms with Crippen LogP contribution in [0.5, 0.6) is 0 Å². The zero-order valence-electron chi connectivity index (χ0n) is 14.6. The van der Waals surface area contributed by atoms with Gasteiger partial charge in [-0.15, -0.1) is 0 Å². The van der Waals surface area contributed by atoms with Crippen LogP contribution in [0.4, 0.5) is 5.69 Å². The highest BCUT2D eigenvalue weighted by Crippen LogP contribution is 2.30. The molecule has 0 unspecified atom stereocenters. The van der Waals surface area contributed by atoms with Crippen LogP contribution < -0.4 is 4.31 Å². The van der Waals surface area contributed by atoms with E-state index in [2.05, 4.69) is 15.9 Å². The first kappa shape index (κ1) is 19.3. The average molecular weight is 446 g/mol. The molecule has 5 nitrogen and oxygen atoms in total. The van der Waals surface area contributed by atoms with Crippen molar-refractivity contribution in [2.24, 2.45) is 0 Å². The van der Waals surface area contributed by atoms with Gasteiger partial charge in [-0.3, -0.25) is 9.59 Å². The van der Waals surface area contributed by atoms with E-state index in [0.717, 1.165) is 15.1 Å². The number of amides is 1. The number of benzene rings is 3. The van der Waals surface area contributed by atoms with Gasteiger partial charge in [-0.05, 0) is 64.0 Å². The highest BCUT2D eigenvalue weighted by atomic mass is 79.9. The number of ketones is 1. The quantitative estimate of drug-likeness (QED) is 0.552. The molecule has 0 aromatic heterocycles. The van der Waals surface area contributed by atoms with Crippen molar-refractivity contribution in [3.05, 3.63) is 70.7 Å². The zero-order chi connectivity index (χ0) is 19.8. The van der Waals surface area contributed by atoms with E-state index in [1.165, 1.54) is 38.1 Å². The summed E-state index contributed by atoms with van der Waals surface area (Å²) in [6, 6.07) is 16.5. The fourth-order valence-corrected chi connectivity index (χ4v) is 4.94. The summed E-state index contributed by atoms with van der Waals surface area (Å²) in [7, 11) is -4.12. The summed E-state index contributed by atoms with van der Waals surface area (Å²) in [6.45, 7) is 2.60. The molecule has 3 aromatic carbocycles. The van der Waals surface area contributed by atoms with Gasteiger partial charge in [0, 0.05) is 17.0 Å². The van der Waals surface area contributed by atoms with Crippen molar-refractivity contribution in [2.45, 2.75) is 18.7 Å². The fourth-order valence-electron chi connectivity index (χ4n) is 2.84. The SMILES string of the molecule is CC(=O)c1ccc(N(C(C)=O)S(=O)(=O)c2ccc3ccccc3c2)cc1Br. The molecule has 0 fully saturated rings. The number of carbonyl (C=O) groups is 2. The van der Waals surface area contributed by atoms with Crippen molar-refractivity contribution in [1.82, 2.24) is 0 Å². The molecule has 0 atom stereocenters. The molecule has 0 aliphatic carbocycles. The van der Waals surface area contributed by atoms with E-state index in [1.54, 1.807) is 12.1 Å². The number of hydrogen-bond acceptors (Lipinski definition) is 4. The first-order valence-electron chi connectivity index (χ1n) is 8.07. The molecule has 7 heteroatoms. The van der Waals surface area contributed by atoms with Crippen molar-refractivity contribution < 1.29 is 18.0 Å². The molecule has 0 radical (unpaired) electrons. The smallest absolute Gasteiger partial charge is 0.270 e. The zero-order valence-corrected chi connectivity index (χ0v) is 17.0. The Labute approximate surface area is 165 Å². The van der Waals surface area contributed by atoms with Gasteiger partial charge in [-0.25, -0.2) is 12.7 Å². The summed E-state index contributed by atoms with van der Waals surface area (Å²) >= 11 is 3.27. The van der Waals surface area contributed by atoms with Crippen molar-refractivity contribution >= 4 is 54.1 Å². The number of fused-ring (bicyclic) bond motifs is 1. The highest BCUT2D eigenvalue weighted by molar-refractivity contribution is 9.10. The molecule has 0 aliphatic heterocycles. The largest absolute Gasteiger partial charge is 0.294 e. The first-order valence-corrected chi connectivity index (χ1v) is 10.3. The molecule has 0 heterocycles. The van der Waals surface area contributed by atoms with Crippen molar-refractivity contribution in [1.29, 1.82) is 0 Å². The molecule has 0 spiro atoms. The molecule has 0 aliphatic rings. The summed E-state index contributed by atoms with van der Waals surface area (Å²) in [5.41, 5.74) is 0.567. The minimum Gasteiger partial charge on any atom is -0.294 e. The Morgan fingerprint density at radius 2 is 1.56 bits per heavy atom. The molecule has 3 aromatic rings. The van der Waals surface area contributed by atoms with Gasteiger partial charge in [0.25, 0.3) is 10.0 Å². The van der Waals surface area contributed by atoms with Crippen LogP contribution in [0.2, 0.25) is 0 Å². The maximum atomic E-state index is 13.2. The number of anilines is 1. The van der Waals surface area contributed by atoms with Gasteiger partial charge in [0.1, 0.15) is 0 Å². The molecule has 0 N–H and O–H groups in total. The summed E-state index contributed by atoms with van der Waals surface area (Å²) in [5, 5.41) is 1.66. The normalized spacial score (nSPS) is 11.4. The van der Waals surface area contributed by atoms with Crippen LogP contribution in [0.1, 0.15) is 24.2 Å². The third kappa shape index (κ3) is 3.65. The number of Topliss-reactive ketones (excluding diaryl/α,β-unsaturated/α-hetero) is 1. The maximum absolute atomic E-state index is 13.2. The average Bonchev–Trinajstić information content (AvgIpc) is 2.60. The number of sulfonamides is 1. The number of nitrogens with zero attached hydrogens (tertiary/aromatic N) is 1. The number of hydrogen-bond donors (Lipinski definition) is 0. The van der Waals surface area contributed by atoms with Crippen LogP contribution >= 0.6 is 15.9 Å². The van der Waals surface area contributed by atoms with Gasteiger partial charge < -0.3 is 0 Å². The lowest BCUT2D eigenvalue weighted by atomic mass is 10.1. The van der Waals surface area contributed by atoms with Gasteiger partial charge in [0.15, 0.2) is 5.78 Å². The predicted molar refractivity (Wildman–Crippen MR) is 108 cm³/mol. The Hall–Kier alpha value is -2.51. The van der Waals surface area contributed by atoms with E-state index >= 15 is 0 Å². The molecule has 0 saturated heterocycles. The number of halogens is 1. The van der Waals surface area contributed by atoms with E-state index in [4.69, 9.17) is 0 Å². The molecular weight excluding hydrogens is 430 g/mol. The first-order chi connectivity index (χ1) is 12.7. The second-order valence-corrected chi connectivity index (χ2v) is 8.66. The lowest BCUT2D eigenvalue weighted by Crippen LogP contribution is -2.35. The van der Waals surface area contributed by atoms with E-state index in [9.17, 15) is 18.0 Å².